The molecule has 0 atom stereocenters. The molecule has 0 unspecified atom stereocenters. The van der Waals surface area contributed by atoms with Crippen molar-refractivity contribution in [2.45, 2.75) is 18.2 Å². The third kappa shape index (κ3) is 4.70. The predicted molar refractivity (Wildman–Crippen MR) is 65.7 cm³/mol. The molecule has 1 aromatic rings. The second-order valence-corrected chi connectivity index (χ2v) is 4.42. The minimum atomic E-state index is -0.301. The van der Waals surface area contributed by atoms with Crippen LogP contribution in [0.25, 0.3) is 6.08 Å². The van der Waals surface area contributed by atoms with Gasteiger partial charge in [0.15, 0.2) is 0 Å². The van der Waals surface area contributed by atoms with Crippen LogP contribution in [0.1, 0.15) is 18.9 Å². The Morgan fingerprint density at radius 2 is 2.33 bits per heavy atom. The van der Waals surface area contributed by atoms with Gasteiger partial charge in [-0.1, -0.05) is 31.2 Å². The van der Waals surface area contributed by atoms with E-state index in [0.29, 0.717) is 6.42 Å². The largest absolute Gasteiger partial charge is 0.369 e. The Morgan fingerprint density at radius 1 is 1.53 bits per heavy atom. The molecule has 3 heteroatoms. The summed E-state index contributed by atoms with van der Waals surface area (Å²) in [5, 5.41) is 0. The van der Waals surface area contributed by atoms with Gasteiger partial charge < -0.3 is 5.73 Å². The average Bonchev–Trinajstić information content (AvgIpc) is 2.18. The molecule has 0 aromatic heterocycles. The van der Waals surface area contributed by atoms with Crippen molar-refractivity contribution in [2.75, 3.05) is 5.75 Å². The molecule has 2 N–H and O–H groups in total. The normalized spacial score (nSPS) is 10.7. The van der Waals surface area contributed by atoms with Crippen molar-refractivity contribution in [1.82, 2.24) is 0 Å². The molecule has 0 fully saturated rings. The monoisotopic (exact) mass is 221 g/mol. The van der Waals surface area contributed by atoms with E-state index in [-0.39, 0.29) is 5.91 Å². The number of carbonyl (C=O) groups is 1. The van der Waals surface area contributed by atoms with Gasteiger partial charge in [-0.25, -0.2) is 0 Å². The summed E-state index contributed by atoms with van der Waals surface area (Å²) in [6, 6.07) is 8.21. The van der Waals surface area contributed by atoms with Gasteiger partial charge in [-0.2, -0.15) is 0 Å². The molecule has 2 nitrogen and oxygen atoms in total. The maximum Gasteiger partial charge on any atom is 0.221 e. The predicted octanol–water partition coefficient (Wildman–Crippen LogP) is 2.69. The molecular weight excluding hydrogens is 206 g/mol. The minimum absolute atomic E-state index is 0.297. The molecule has 0 aliphatic carbocycles. The maximum absolute atomic E-state index is 10.5. The van der Waals surface area contributed by atoms with E-state index in [1.807, 2.05) is 18.2 Å². The second kappa shape index (κ2) is 6.30. The highest BCUT2D eigenvalue weighted by Crippen LogP contribution is 2.19. The van der Waals surface area contributed by atoms with Gasteiger partial charge in [0.05, 0.1) is 0 Å². The lowest BCUT2D eigenvalue weighted by molar-refractivity contribution is -0.117. The molecule has 0 radical (unpaired) electrons. The molecule has 0 saturated carbocycles. The molecule has 0 heterocycles. The third-order valence-electron chi connectivity index (χ3n) is 1.80. The van der Waals surface area contributed by atoms with Crippen LogP contribution in [-0.2, 0) is 4.79 Å². The molecule has 1 amide bonds. The number of thioether (sulfide) groups is 1. The number of rotatable bonds is 5. The van der Waals surface area contributed by atoms with Gasteiger partial charge in [0.2, 0.25) is 5.91 Å². The average molecular weight is 221 g/mol. The Labute approximate surface area is 94.6 Å². The molecule has 0 saturated heterocycles. The standard InChI is InChI=1S/C12H15NOS/c1-2-15-11-7-3-5-10(9-11)6-4-8-12(13)14/h3-7,9H,2,8H2,1H3,(H2,13,14). The first-order valence-electron chi connectivity index (χ1n) is 4.90. The van der Waals surface area contributed by atoms with Gasteiger partial charge >= 0.3 is 0 Å². The fraction of sp³-hybridized carbons (Fsp3) is 0.250. The van der Waals surface area contributed by atoms with E-state index in [4.69, 9.17) is 5.73 Å². The number of carbonyl (C=O) groups excluding carboxylic acids is 1. The summed E-state index contributed by atoms with van der Waals surface area (Å²) in [6.07, 6.45) is 4.01. The summed E-state index contributed by atoms with van der Waals surface area (Å²) in [6.45, 7) is 2.13. The van der Waals surface area contributed by atoms with E-state index < -0.39 is 0 Å². The van der Waals surface area contributed by atoms with Gasteiger partial charge in [-0.15, -0.1) is 11.8 Å². The summed E-state index contributed by atoms with van der Waals surface area (Å²) in [5.41, 5.74) is 6.15. The van der Waals surface area contributed by atoms with Gasteiger partial charge in [-0.05, 0) is 23.4 Å². The van der Waals surface area contributed by atoms with Crippen LogP contribution in [0.5, 0.6) is 0 Å². The first kappa shape index (κ1) is 11.9. The van der Waals surface area contributed by atoms with Crippen molar-refractivity contribution >= 4 is 23.7 Å². The Balaban J connectivity index is 2.64. The minimum Gasteiger partial charge on any atom is -0.369 e. The Morgan fingerprint density at radius 3 is 3.00 bits per heavy atom. The van der Waals surface area contributed by atoms with Crippen molar-refractivity contribution < 1.29 is 4.79 Å². The summed E-state index contributed by atoms with van der Waals surface area (Å²) in [4.78, 5) is 11.8. The number of benzene rings is 1. The highest BCUT2D eigenvalue weighted by Gasteiger charge is 1.93. The lowest BCUT2D eigenvalue weighted by atomic mass is 10.2. The van der Waals surface area contributed by atoms with Gasteiger partial charge in [-0.3, -0.25) is 4.79 Å². The van der Waals surface area contributed by atoms with E-state index in [9.17, 15) is 4.79 Å². The molecule has 0 bridgehead atoms. The Hall–Kier alpha value is -1.22. The topological polar surface area (TPSA) is 43.1 Å². The van der Waals surface area contributed by atoms with Crippen LogP contribution in [0.3, 0.4) is 0 Å². The van der Waals surface area contributed by atoms with Crippen molar-refractivity contribution in [1.29, 1.82) is 0 Å². The van der Waals surface area contributed by atoms with Crippen molar-refractivity contribution in [3.63, 3.8) is 0 Å². The second-order valence-electron chi connectivity index (χ2n) is 3.08. The molecule has 1 rings (SSSR count). The molecule has 15 heavy (non-hydrogen) atoms. The van der Waals surface area contributed by atoms with Crippen LogP contribution in [0.4, 0.5) is 0 Å². The van der Waals surface area contributed by atoms with Crippen LogP contribution in [-0.4, -0.2) is 11.7 Å². The van der Waals surface area contributed by atoms with Crippen LogP contribution in [0.2, 0.25) is 0 Å². The Bertz CT molecular complexity index is 360. The molecule has 1 aromatic carbocycles. The third-order valence-corrected chi connectivity index (χ3v) is 2.67. The van der Waals surface area contributed by atoms with E-state index in [0.717, 1.165) is 11.3 Å². The van der Waals surface area contributed by atoms with Crippen molar-refractivity contribution in [2.24, 2.45) is 5.73 Å². The zero-order valence-corrected chi connectivity index (χ0v) is 9.59. The smallest absolute Gasteiger partial charge is 0.221 e. The highest BCUT2D eigenvalue weighted by molar-refractivity contribution is 7.99. The first-order valence-corrected chi connectivity index (χ1v) is 5.88. The molecule has 0 aliphatic heterocycles. The zero-order valence-electron chi connectivity index (χ0n) is 8.77. The number of nitrogens with two attached hydrogens (primary N) is 1. The summed E-state index contributed by atoms with van der Waals surface area (Å²) in [5.74, 6) is 0.763. The SMILES string of the molecule is CCSc1cccc(C=CCC(N)=O)c1. The first-order chi connectivity index (χ1) is 7.22. The highest BCUT2D eigenvalue weighted by atomic mass is 32.2. The summed E-state index contributed by atoms with van der Waals surface area (Å²) >= 11 is 1.80. The van der Waals surface area contributed by atoms with E-state index in [1.54, 1.807) is 17.8 Å². The van der Waals surface area contributed by atoms with Gasteiger partial charge in [0, 0.05) is 11.3 Å². The maximum atomic E-state index is 10.5. The fourth-order valence-corrected chi connectivity index (χ4v) is 1.91. The van der Waals surface area contributed by atoms with Crippen LogP contribution >= 0.6 is 11.8 Å². The molecule has 0 spiro atoms. The van der Waals surface area contributed by atoms with Crippen LogP contribution in [0, 0.1) is 0 Å². The van der Waals surface area contributed by atoms with Gasteiger partial charge in [0.25, 0.3) is 0 Å². The molecular formula is C12H15NOS. The van der Waals surface area contributed by atoms with Crippen molar-refractivity contribution in [3.05, 3.63) is 35.9 Å². The van der Waals surface area contributed by atoms with Crippen molar-refractivity contribution in [3.8, 4) is 0 Å². The number of hydrogen-bond donors (Lipinski definition) is 1. The lowest BCUT2D eigenvalue weighted by Gasteiger charge is -1.99. The number of hydrogen-bond acceptors (Lipinski definition) is 2. The summed E-state index contributed by atoms with van der Waals surface area (Å²) < 4.78 is 0. The van der Waals surface area contributed by atoms with Gasteiger partial charge in [0.1, 0.15) is 0 Å². The van der Waals surface area contributed by atoms with Crippen LogP contribution in [0.15, 0.2) is 35.2 Å². The van der Waals surface area contributed by atoms with E-state index in [1.165, 1.54) is 4.90 Å². The number of amides is 1. The Kier molecular flexibility index (Phi) is 4.98. The molecule has 80 valence electrons. The fourth-order valence-electron chi connectivity index (χ4n) is 1.19. The summed E-state index contributed by atoms with van der Waals surface area (Å²) in [7, 11) is 0. The van der Waals surface area contributed by atoms with E-state index in [2.05, 4.69) is 19.1 Å². The molecule has 0 aliphatic rings. The zero-order chi connectivity index (χ0) is 11.1. The lowest BCUT2D eigenvalue weighted by Crippen LogP contribution is -2.07. The van der Waals surface area contributed by atoms with E-state index >= 15 is 0 Å². The van der Waals surface area contributed by atoms with Crippen LogP contribution < -0.4 is 5.73 Å². The quantitative estimate of drug-likeness (QED) is 0.777. The number of primary amides is 1.